The Morgan fingerprint density at radius 3 is 2.50 bits per heavy atom. The molecule has 0 amide bonds. The maximum absolute atomic E-state index is 12.2. The van der Waals surface area contributed by atoms with E-state index in [2.05, 4.69) is 0 Å². The molecule has 16 heavy (non-hydrogen) atoms. The lowest BCUT2D eigenvalue weighted by Crippen LogP contribution is -2.38. The van der Waals surface area contributed by atoms with Gasteiger partial charge in [-0.2, -0.15) is 13.2 Å². The summed E-state index contributed by atoms with van der Waals surface area (Å²) in [5.74, 6) is 0. The van der Waals surface area contributed by atoms with Gasteiger partial charge >= 0.3 is 6.18 Å². The number of benzene rings is 1. The molecule has 1 aromatic carbocycles. The average molecular weight is 233 g/mol. The van der Waals surface area contributed by atoms with Crippen LogP contribution in [0.15, 0.2) is 24.3 Å². The molecule has 5 heteroatoms. The monoisotopic (exact) mass is 233 g/mol. The van der Waals surface area contributed by atoms with Crippen molar-refractivity contribution in [3.8, 4) is 0 Å². The van der Waals surface area contributed by atoms with E-state index in [0.29, 0.717) is 5.56 Å². The maximum atomic E-state index is 12.2. The molecule has 0 aliphatic carbocycles. The summed E-state index contributed by atoms with van der Waals surface area (Å²) in [5, 5.41) is 9.60. The van der Waals surface area contributed by atoms with Crippen molar-refractivity contribution in [1.82, 2.24) is 0 Å². The molecule has 3 N–H and O–H groups in total. The molecule has 0 radical (unpaired) electrons. The topological polar surface area (TPSA) is 46.2 Å². The van der Waals surface area contributed by atoms with Crippen LogP contribution in [-0.2, 0) is 0 Å². The number of aliphatic hydroxyl groups is 1. The van der Waals surface area contributed by atoms with Crippen molar-refractivity contribution in [2.45, 2.75) is 31.7 Å². The normalized spacial score (nSPS) is 15.9. The zero-order valence-electron chi connectivity index (χ0n) is 8.83. The highest BCUT2D eigenvalue weighted by molar-refractivity contribution is 5.24. The Morgan fingerprint density at radius 2 is 2.00 bits per heavy atom. The Balaban J connectivity index is 2.69. The van der Waals surface area contributed by atoms with Gasteiger partial charge in [-0.3, -0.25) is 0 Å². The number of rotatable bonds is 3. The van der Waals surface area contributed by atoms with Crippen molar-refractivity contribution < 1.29 is 18.3 Å². The van der Waals surface area contributed by atoms with Crippen LogP contribution in [0.2, 0.25) is 0 Å². The zero-order chi connectivity index (χ0) is 12.3. The van der Waals surface area contributed by atoms with E-state index in [1.807, 2.05) is 0 Å². The highest BCUT2D eigenvalue weighted by Gasteiger charge is 2.37. The summed E-state index contributed by atoms with van der Waals surface area (Å²) in [4.78, 5) is 0. The van der Waals surface area contributed by atoms with Crippen molar-refractivity contribution >= 4 is 0 Å². The van der Waals surface area contributed by atoms with Gasteiger partial charge in [0.2, 0.25) is 0 Å². The van der Waals surface area contributed by atoms with Gasteiger partial charge in [-0.25, -0.2) is 0 Å². The van der Waals surface area contributed by atoms with Crippen LogP contribution in [0.4, 0.5) is 13.2 Å². The van der Waals surface area contributed by atoms with E-state index in [0.717, 1.165) is 5.56 Å². The predicted molar refractivity (Wildman–Crippen MR) is 54.8 cm³/mol. The summed E-state index contributed by atoms with van der Waals surface area (Å²) < 4.78 is 36.5. The van der Waals surface area contributed by atoms with Crippen LogP contribution in [-0.4, -0.2) is 17.3 Å². The molecule has 1 rings (SSSR count). The Hall–Kier alpha value is -1.07. The van der Waals surface area contributed by atoms with Gasteiger partial charge in [-0.1, -0.05) is 29.8 Å². The third-order valence-corrected chi connectivity index (χ3v) is 2.32. The fourth-order valence-corrected chi connectivity index (χ4v) is 1.39. The lowest BCUT2D eigenvalue weighted by atomic mass is 10.0. The second kappa shape index (κ2) is 4.84. The molecule has 0 fully saturated rings. The minimum atomic E-state index is -4.47. The summed E-state index contributed by atoms with van der Waals surface area (Å²) in [6.45, 7) is 1.81. The van der Waals surface area contributed by atoms with Crippen molar-refractivity contribution in [3.05, 3.63) is 35.4 Å². The lowest BCUT2D eigenvalue weighted by Gasteiger charge is -2.19. The van der Waals surface area contributed by atoms with E-state index in [9.17, 15) is 18.3 Å². The van der Waals surface area contributed by atoms with Crippen LogP contribution in [0.1, 0.15) is 23.7 Å². The maximum Gasteiger partial charge on any atom is 0.403 e. The molecule has 0 saturated carbocycles. The zero-order valence-corrected chi connectivity index (χ0v) is 8.83. The number of nitrogens with two attached hydrogens (primary N) is 1. The molecule has 90 valence electrons. The van der Waals surface area contributed by atoms with Crippen LogP contribution >= 0.6 is 0 Å². The number of hydrogen-bond donors (Lipinski definition) is 2. The number of aryl methyl sites for hydroxylation is 1. The number of alkyl halides is 3. The second-order valence-corrected chi connectivity index (χ2v) is 3.81. The third kappa shape index (κ3) is 3.50. The fourth-order valence-electron chi connectivity index (χ4n) is 1.39. The van der Waals surface area contributed by atoms with Gasteiger partial charge < -0.3 is 10.8 Å². The van der Waals surface area contributed by atoms with E-state index < -0.39 is 24.7 Å². The fraction of sp³-hybridized carbons (Fsp3) is 0.455. The molecule has 0 saturated heterocycles. The molecule has 0 aliphatic heterocycles. The Labute approximate surface area is 91.9 Å². The first-order chi connectivity index (χ1) is 7.30. The van der Waals surface area contributed by atoms with Crippen molar-refractivity contribution in [3.63, 3.8) is 0 Å². The first kappa shape index (κ1) is 13.0. The van der Waals surface area contributed by atoms with Crippen LogP contribution in [0, 0.1) is 6.92 Å². The highest BCUT2D eigenvalue weighted by atomic mass is 19.4. The van der Waals surface area contributed by atoms with Crippen molar-refractivity contribution in [2.24, 2.45) is 5.73 Å². The summed E-state index contributed by atoms with van der Waals surface area (Å²) in [5.41, 5.74) is 6.29. The summed E-state index contributed by atoms with van der Waals surface area (Å²) in [6, 6.07) is 4.73. The molecule has 0 heterocycles. The number of halogens is 3. The molecule has 0 bridgehead atoms. The first-order valence-electron chi connectivity index (χ1n) is 4.87. The largest absolute Gasteiger partial charge is 0.403 e. The molecule has 0 spiro atoms. The summed E-state index contributed by atoms with van der Waals surface area (Å²) >= 11 is 0. The Bertz CT molecular complexity index is 351. The summed E-state index contributed by atoms with van der Waals surface area (Å²) in [7, 11) is 0. The quantitative estimate of drug-likeness (QED) is 0.841. The van der Waals surface area contributed by atoms with Gasteiger partial charge in [-0.15, -0.1) is 0 Å². The average Bonchev–Trinajstić information content (AvgIpc) is 2.16. The predicted octanol–water partition coefficient (Wildman–Crippen LogP) is 2.31. The van der Waals surface area contributed by atoms with Crippen LogP contribution in [0.5, 0.6) is 0 Å². The first-order valence-corrected chi connectivity index (χ1v) is 4.87. The van der Waals surface area contributed by atoms with E-state index in [1.165, 1.54) is 0 Å². The molecular formula is C11H14F3NO. The van der Waals surface area contributed by atoms with Gasteiger partial charge in [0.25, 0.3) is 0 Å². The van der Waals surface area contributed by atoms with E-state index in [1.54, 1.807) is 31.2 Å². The Morgan fingerprint density at radius 1 is 1.38 bits per heavy atom. The molecule has 1 aromatic rings. The lowest BCUT2D eigenvalue weighted by molar-refractivity contribution is -0.153. The molecule has 0 aromatic heterocycles. The highest BCUT2D eigenvalue weighted by Crippen LogP contribution is 2.26. The summed E-state index contributed by atoms with van der Waals surface area (Å²) in [6.07, 6.45) is -6.17. The smallest absolute Gasteiger partial charge is 0.388 e. The van der Waals surface area contributed by atoms with E-state index in [-0.39, 0.29) is 0 Å². The minimum Gasteiger partial charge on any atom is -0.388 e. The number of aliphatic hydroxyl groups excluding tert-OH is 1. The van der Waals surface area contributed by atoms with Gasteiger partial charge in [-0.05, 0) is 12.5 Å². The molecular weight excluding hydrogens is 219 g/mol. The van der Waals surface area contributed by atoms with Gasteiger partial charge in [0.05, 0.1) is 6.10 Å². The molecule has 0 unspecified atom stereocenters. The Kier molecular flexibility index (Phi) is 3.93. The van der Waals surface area contributed by atoms with Gasteiger partial charge in [0, 0.05) is 6.42 Å². The van der Waals surface area contributed by atoms with Crippen molar-refractivity contribution in [1.29, 1.82) is 0 Å². The van der Waals surface area contributed by atoms with E-state index in [4.69, 9.17) is 5.73 Å². The second-order valence-electron chi connectivity index (χ2n) is 3.81. The number of hydrogen-bond acceptors (Lipinski definition) is 2. The van der Waals surface area contributed by atoms with E-state index >= 15 is 0 Å². The SMILES string of the molecule is Cc1cccc([C@@H](O)C[C@@H](N)C(F)(F)F)c1. The van der Waals surface area contributed by atoms with Crippen LogP contribution in [0.25, 0.3) is 0 Å². The van der Waals surface area contributed by atoms with Crippen molar-refractivity contribution in [2.75, 3.05) is 0 Å². The molecule has 2 atom stereocenters. The van der Waals surface area contributed by atoms with Crippen LogP contribution < -0.4 is 5.73 Å². The van der Waals surface area contributed by atoms with Gasteiger partial charge in [0.1, 0.15) is 6.04 Å². The molecule has 2 nitrogen and oxygen atoms in total. The van der Waals surface area contributed by atoms with Crippen LogP contribution in [0.3, 0.4) is 0 Å². The third-order valence-electron chi connectivity index (χ3n) is 2.32. The molecule has 0 aliphatic rings. The minimum absolute atomic E-state index is 0.458. The van der Waals surface area contributed by atoms with Gasteiger partial charge in [0.15, 0.2) is 0 Å². The standard InChI is InChI=1S/C11H14F3NO/c1-7-3-2-4-8(5-7)9(16)6-10(15)11(12,13)14/h2-5,9-10,16H,6,15H2,1H3/t9-,10+/m0/s1.